The van der Waals surface area contributed by atoms with Crippen molar-refractivity contribution in [3.63, 3.8) is 0 Å². The maximum Gasteiger partial charge on any atom is 0.0642 e. The summed E-state index contributed by atoms with van der Waals surface area (Å²) >= 11 is 6.44. The van der Waals surface area contributed by atoms with Crippen LogP contribution in [-0.2, 0) is 0 Å². The van der Waals surface area contributed by atoms with E-state index in [-0.39, 0.29) is 6.04 Å². The van der Waals surface area contributed by atoms with E-state index in [0.717, 1.165) is 22.2 Å². The molecule has 1 aliphatic rings. The first kappa shape index (κ1) is 14.7. The highest BCUT2D eigenvalue weighted by Crippen LogP contribution is 2.34. The van der Waals surface area contributed by atoms with Crippen LogP contribution in [0.25, 0.3) is 0 Å². The minimum absolute atomic E-state index is 0.0328. The maximum atomic E-state index is 6.44. The van der Waals surface area contributed by atoms with Crippen molar-refractivity contribution >= 4 is 17.3 Å². The van der Waals surface area contributed by atoms with Crippen LogP contribution in [0, 0.1) is 5.92 Å². The Labute approximate surface area is 121 Å². The Morgan fingerprint density at radius 1 is 1.32 bits per heavy atom. The highest BCUT2D eigenvalue weighted by molar-refractivity contribution is 6.33. The van der Waals surface area contributed by atoms with Crippen LogP contribution in [-0.4, -0.2) is 13.1 Å². The zero-order valence-electron chi connectivity index (χ0n) is 12.2. The molecule has 0 bridgehead atoms. The van der Waals surface area contributed by atoms with Gasteiger partial charge in [-0.25, -0.2) is 0 Å². The van der Waals surface area contributed by atoms with Crippen LogP contribution in [0.1, 0.15) is 51.1 Å². The van der Waals surface area contributed by atoms with Gasteiger partial charge in [0.15, 0.2) is 0 Å². The molecule has 2 N–H and O–H groups in total. The monoisotopic (exact) mass is 280 g/mol. The van der Waals surface area contributed by atoms with Gasteiger partial charge in [-0.3, -0.25) is 0 Å². The minimum atomic E-state index is 0.0328. The molecule has 2 nitrogen and oxygen atoms in total. The lowest BCUT2D eigenvalue weighted by atomic mass is 9.85. The topological polar surface area (TPSA) is 29.3 Å². The SMILES string of the molecule is CC1CCCCC1N(C)c1ccc([C@H](C)N)cc1Cl. The van der Waals surface area contributed by atoms with E-state index >= 15 is 0 Å². The lowest BCUT2D eigenvalue weighted by molar-refractivity contribution is 0.321. The zero-order chi connectivity index (χ0) is 14.0. The number of rotatable bonds is 3. The Morgan fingerprint density at radius 2 is 2.00 bits per heavy atom. The lowest BCUT2D eigenvalue weighted by Crippen LogP contribution is -2.39. The normalized spacial score (nSPS) is 25.1. The fraction of sp³-hybridized carbons (Fsp3) is 0.625. The molecule has 3 heteroatoms. The van der Waals surface area contributed by atoms with Crippen molar-refractivity contribution in [2.24, 2.45) is 11.7 Å². The molecule has 2 rings (SSSR count). The van der Waals surface area contributed by atoms with Crippen molar-refractivity contribution in [3.05, 3.63) is 28.8 Å². The number of hydrogen-bond acceptors (Lipinski definition) is 2. The van der Waals surface area contributed by atoms with E-state index in [1.807, 2.05) is 13.0 Å². The van der Waals surface area contributed by atoms with Gasteiger partial charge < -0.3 is 10.6 Å². The van der Waals surface area contributed by atoms with Gasteiger partial charge in [0.2, 0.25) is 0 Å². The number of anilines is 1. The Bertz CT molecular complexity index is 431. The molecule has 1 aromatic rings. The van der Waals surface area contributed by atoms with Gasteiger partial charge in [0.25, 0.3) is 0 Å². The van der Waals surface area contributed by atoms with Gasteiger partial charge in [0.05, 0.1) is 10.7 Å². The molecule has 0 spiro atoms. The van der Waals surface area contributed by atoms with Crippen LogP contribution in [0.15, 0.2) is 18.2 Å². The summed E-state index contributed by atoms with van der Waals surface area (Å²) in [6, 6.07) is 6.85. The van der Waals surface area contributed by atoms with Crippen LogP contribution in [0.4, 0.5) is 5.69 Å². The first-order valence-corrected chi connectivity index (χ1v) is 7.66. The highest BCUT2D eigenvalue weighted by atomic mass is 35.5. The Balaban J connectivity index is 2.21. The molecule has 1 fully saturated rings. The quantitative estimate of drug-likeness (QED) is 0.890. The molecular formula is C16H25ClN2. The van der Waals surface area contributed by atoms with E-state index in [4.69, 9.17) is 17.3 Å². The summed E-state index contributed by atoms with van der Waals surface area (Å²) in [4.78, 5) is 2.36. The summed E-state index contributed by atoms with van der Waals surface area (Å²) < 4.78 is 0. The van der Waals surface area contributed by atoms with E-state index in [0.29, 0.717) is 6.04 Å². The molecule has 0 heterocycles. The third-order valence-corrected chi connectivity index (χ3v) is 4.74. The molecule has 19 heavy (non-hydrogen) atoms. The predicted octanol–water partition coefficient (Wildman–Crippen LogP) is 4.37. The molecule has 1 saturated carbocycles. The zero-order valence-corrected chi connectivity index (χ0v) is 13.0. The van der Waals surface area contributed by atoms with Gasteiger partial charge in [0, 0.05) is 19.1 Å². The summed E-state index contributed by atoms with van der Waals surface area (Å²) in [5, 5.41) is 0.815. The third-order valence-electron chi connectivity index (χ3n) is 4.44. The third kappa shape index (κ3) is 3.24. The minimum Gasteiger partial charge on any atom is -0.370 e. The van der Waals surface area contributed by atoms with E-state index in [1.54, 1.807) is 0 Å². The van der Waals surface area contributed by atoms with Crippen LogP contribution < -0.4 is 10.6 Å². The van der Waals surface area contributed by atoms with Gasteiger partial charge in [-0.15, -0.1) is 0 Å². The van der Waals surface area contributed by atoms with E-state index in [9.17, 15) is 0 Å². The van der Waals surface area contributed by atoms with Gasteiger partial charge in [-0.05, 0) is 43.4 Å². The summed E-state index contributed by atoms with van der Waals surface area (Å²) in [6.45, 7) is 4.34. The molecular weight excluding hydrogens is 256 g/mol. The van der Waals surface area contributed by atoms with E-state index < -0.39 is 0 Å². The van der Waals surface area contributed by atoms with Crippen molar-refractivity contribution in [2.75, 3.05) is 11.9 Å². The largest absolute Gasteiger partial charge is 0.370 e. The maximum absolute atomic E-state index is 6.44. The van der Waals surface area contributed by atoms with Crippen molar-refractivity contribution < 1.29 is 0 Å². The molecule has 106 valence electrons. The molecule has 3 atom stereocenters. The summed E-state index contributed by atoms with van der Waals surface area (Å²) in [6.07, 6.45) is 5.28. The molecule has 1 aliphatic carbocycles. The second-order valence-electron chi connectivity index (χ2n) is 5.94. The Morgan fingerprint density at radius 3 is 2.58 bits per heavy atom. The lowest BCUT2D eigenvalue weighted by Gasteiger charge is -2.38. The number of benzene rings is 1. The Hall–Kier alpha value is -0.730. The second-order valence-corrected chi connectivity index (χ2v) is 6.35. The molecule has 0 aliphatic heterocycles. The first-order chi connectivity index (χ1) is 9.00. The standard InChI is InChI=1S/C16H25ClN2/c1-11-6-4-5-7-15(11)19(3)16-9-8-13(12(2)18)10-14(16)17/h8-12,15H,4-7,18H2,1-3H3/t11?,12-,15?/m0/s1. The molecule has 1 aromatic carbocycles. The number of halogens is 1. The van der Waals surface area contributed by atoms with Crippen molar-refractivity contribution in [3.8, 4) is 0 Å². The molecule has 0 aromatic heterocycles. The fourth-order valence-corrected chi connectivity index (χ4v) is 3.47. The van der Waals surface area contributed by atoms with Crippen molar-refractivity contribution in [2.45, 2.75) is 51.6 Å². The average Bonchev–Trinajstić information content (AvgIpc) is 2.38. The van der Waals surface area contributed by atoms with Crippen molar-refractivity contribution in [1.29, 1.82) is 0 Å². The highest BCUT2D eigenvalue weighted by Gasteiger charge is 2.26. The predicted molar refractivity (Wildman–Crippen MR) is 83.9 cm³/mol. The van der Waals surface area contributed by atoms with Crippen LogP contribution in [0.3, 0.4) is 0 Å². The number of hydrogen-bond donors (Lipinski definition) is 1. The van der Waals surface area contributed by atoms with Crippen LogP contribution in [0.5, 0.6) is 0 Å². The van der Waals surface area contributed by atoms with E-state index in [1.165, 1.54) is 25.7 Å². The van der Waals surface area contributed by atoms with E-state index in [2.05, 4.69) is 31.0 Å². The fourth-order valence-electron chi connectivity index (χ4n) is 3.14. The second kappa shape index (κ2) is 6.15. The molecule has 0 saturated heterocycles. The van der Waals surface area contributed by atoms with Crippen LogP contribution in [0.2, 0.25) is 5.02 Å². The summed E-state index contributed by atoms with van der Waals surface area (Å²) in [5.41, 5.74) is 8.13. The molecule has 0 amide bonds. The Kier molecular flexibility index (Phi) is 4.75. The van der Waals surface area contributed by atoms with Gasteiger partial charge in [-0.2, -0.15) is 0 Å². The molecule has 0 radical (unpaired) electrons. The molecule has 2 unspecified atom stereocenters. The summed E-state index contributed by atoms with van der Waals surface area (Å²) in [5.74, 6) is 0.739. The summed E-state index contributed by atoms with van der Waals surface area (Å²) in [7, 11) is 2.17. The van der Waals surface area contributed by atoms with Crippen molar-refractivity contribution in [1.82, 2.24) is 0 Å². The van der Waals surface area contributed by atoms with Gasteiger partial charge >= 0.3 is 0 Å². The smallest absolute Gasteiger partial charge is 0.0642 e. The first-order valence-electron chi connectivity index (χ1n) is 7.28. The van der Waals surface area contributed by atoms with Gasteiger partial charge in [0.1, 0.15) is 0 Å². The van der Waals surface area contributed by atoms with Crippen LogP contribution >= 0.6 is 11.6 Å². The number of nitrogens with two attached hydrogens (primary N) is 1. The average molecular weight is 281 g/mol. The van der Waals surface area contributed by atoms with Gasteiger partial charge in [-0.1, -0.05) is 37.4 Å². The number of nitrogens with zero attached hydrogens (tertiary/aromatic N) is 1.